The number of carbonyl (C=O) groups is 1. The van der Waals surface area contributed by atoms with Gasteiger partial charge in [0.05, 0.1) is 22.5 Å². The Morgan fingerprint density at radius 3 is 2.88 bits per heavy atom. The van der Waals surface area contributed by atoms with E-state index in [9.17, 15) is 4.79 Å². The Morgan fingerprint density at radius 2 is 2.17 bits per heavy atom. The van der Waals surface area contributed by atoms with Gasteiger partial charge in [-0.3, -0.25) is 9.78 Å². The molecule has 1 aliphatic carbocycles. The summed E-state index contributed by atoms with van der Waals surface area (Å²) in [5.74, 6) is 0.124. The zero-order chi connectivity index (χ0) is 16.5. The number of thiophene rings is 1. The number of pyridine rings is 1. The van der Waals surface area contributed by atoms with Crippen molar-refractivity contribution in [3.8, 4) is 0 Å². The summed E-state index contributed by atoms with van der Waals surface area (Å²) < 4.78 is 3.19. The maximum absolute atomic E-state index is 13.3. The number of hydrogen-bond acceptors (Lipinski definition) is 3. The number of aryl methyl sites for hydroxylation is 1. The van der Waals surface area contributed by atoms with Crippen molar-refractivity contribution in [1.29, 1.82) is 0 Å². The fourth-order valence-electron chi connectivity index (χ4n) is 3.65. The van der Waals surface area contributed by atoms with Crippen molar-refractivity contribution >= 4 is 27.5 Å². The van der Waals surface area contributed by atoms with Crippen LogP contribution in [0, 0.1) is 0 Å². The third kappa shape index (κ3) is 2.73. The number of rotatable bonds is 4. The normalized spacial score (nSPS) is 15.2. The van der Waals surface area contributed by atoms with Crippen LogP contribution >= 0.6 is 11.3 Å². The van der Waals surface area contributed by atoms with E-state index in [1.54, 1.807) is 17.5 Å². The first-order valence-corrected chi connectivity index (χ1v) is 9.36. The molecule has 3 aromatic heterocycles. The molecule has 0 aliphatic heterocycles. The zero-order valence-corrected chi connectivity index (χ0v) is 14.6. The molecule has 1 aliphatic rings. The van der Waals surface area contributed by atoms with Gasteiger partial charge >= 0.3 is 0 Å². The lowest BCUT2D eigenvalue weighted by Crippen LogP contribution is -2.39. The summed E-state index contributed by atoms with van der Waals surface area (Å²) in [7, 11) is 1.98. The summed E-state index contributed by atoms with van der Waals surface area (Å²) in [6.07, 6.45) is 6.40. The Kier molecular flexibility index (Phi) is 4.10. The maximum atomic E-state index is 13.3. The average molecular weight is 339 g/mol. The lowest BCUT2D eigenvalue weighted by Gasteiger charge is -2.29. The molecule has 0 saturated heterocycles. The minimum atomic E-state index is 0.124. The van der Waals surface area contributed by atoms with Crippen molar-refractivity contribution < 1.29 is 4.79 Å². The molecule has 1 saturated carbocycles. The number of amides is 1. The van der Waals surface area contributed by atoms with Gasteiger partial charge in [-0.2, -0.15) is 0 Å². The predicted octanol–water partition coefficient (Wildman–Crippen LogP) is 4.22. The van der Waals surface area contributed by atoms with Gasteiger partial charge in [-0.1, -0.05) is 18.9 Å². The molecule has 1 fully saturated rings. The van der Waals surface area contributed by atoms with E-state index in [0.29, 0.717) is 12.6 Å². The van der Waals surface area contributed by atoms with Gasteiger partial charge in [0.15, 0.2) is 0 Å². The van der Waals surface area contributed by atoms with E-state index in [0.717, 1.165) is 29.7 Å². The fourth-order valence-corrected chi connectivity index (χ4v) is 4.50. The number of fused-ring (bicyclic) bond motifs is 1. The van der Waals surface area contributed by atoms with Crippen molar-refractivity contribution in [2.75, 3.05) is 0 Å². The lowest BCUT2D eigenvalue weighted by atomic mass is 10.1. The fraction of sp³-hybridized carbons (Fsp3) is 0.368. The summed E-state index contributed by atoms with van der Waals surface area (Å²) in [6, 6.07) is 10.3. The first kappa shape index (κ1) is 15.4. The third-order valence-electron chi connectivity index (χ3n) is 4.97. The van der Waals surface area contributed by atoms with Crippen molar-refractivity contribution in [3.05, 3.63) is 53.3 Å². The summed E-state index contributed by atoms with van der Waals surface area (Å²) in [6.45, 7) is 0.586. The smallest absolute Gasteiger partial charge is 0.271 e. The van der Waals surface area contributed by atoms with E-state index in [1.165, 1.54) is 17.5 Å². The van der Waals surface area contributed by atoms with Crippen LogP contribution in [0.2, 0.25) is 0 Å². The second-order valence-corrected chi connectivity index (χ2v) is 7.40. The van der Waals surface area contributed by atoms with Crippen molar-refractivity contribution in [3.63, 3.8) is 0 Å². The van der Waals surface area contributed by atoms with Gasteiger partial charge in [0.2, 0.25) is 0 Å². The highest BCUT2D eigenvalue weighted by atomic mass is 32.1. The Morgan fingerprint density at radius 1 is 1.33 bits per heavy atom. The first-order valence-electron chi connectivity index (χ1n) is 8.48. The van der Waals surface area contributed by atoms with Crippen molar-refractivity contribution in [2.24, 2.45) is 7.05 Å². The van der Waals surface area contributed by atoms with E-state index < -0.39 is 0 Å². The van der Waals surface area contributed by atoms with Gasteiger partial charge in [0.25, 0.3) is 5.91 Å². The van der Waals surface area contributed by atoms with Gasteiger partial charge in [-0.05, 0) is 42.5 Å². The van der Waals surface area contributed by atoms with Gasteiger partial charge in [-0.15, -0.1) is 11.3 Å². The molecule has 3 aromatic rings. The minimum Gasteiger partial charge on any atom is -0.339 e. The predicted molar refractivity (Wildman–Crippen MR) is 97.2 cm³/mol. The van der Waals surface area contributed by atoms with Crippen LogP contribution in [0.25, 0.3) is 10.2 Å². The van der Waals surface area contributed by atoms with Crippen LogP contribution in [0.5, 0.6) is 0 Å². The lowest BCUT2D eigenvalue weighted by molar-refractivity contribution is 0.0652. The van der Waals surface area contributed by atoms with Crippen LogP contribution in [0.4, 0.5) is 0 Å². The first-order chi connectivity index (χ1) is 11.7. The molecule has 5 heteroatoms. The van der Waals surface area contributed by atoms with Crippen LogP contribution in [0.3, 0.4) is 0 Å². The highest BCUT2D eigenvalue weighted by molar-refractivity contribution is 7.17. The Bertz CT molecular complexity index is 846. The van der Waals surface area contributed by atoms with Gasteiger partial charge in [0, 0.05) is 19.3 Å². The maximum Gasteiger partial charge on any atom is 0.271 e. The molecule has 124 valence electrons. The molecule has 0 N–H and O–H groups in total. The molecule has 0 aromatic carbocycles. The molecule has 1 amide bonds. The standard InChI is InChI=1S/C19H21N3OS/c1-21-16-9-11-24-18(16)12-17(21)19(23)22(15-7-2-3-8-15)13-14-6-4-5-10-20-14/h4-6,9-12,15H,2-3,7-8,13H2,1H3. The molecular weight excluding hydrogens is 318 g/mol. The van der Waals surface area contributed by atoms with Crippen LogP contribution in [0.15, 0.2) is 41.9 Å². The summed E-state index contributed by atoms with van der Waals surface area (Å²) in [4.78, 5) is 19.8. The second kappa shape index (κ2) is 6.40. The number of aromatic nitrogens is 2. The molecule has 0 radical (unpaired) electrons. The van der Waals surface area contributed by atoms with Crippen LogP contribution in [0.1, 0.15) is 41.9 Å². The van der Waals surface area contributed by atoms with Crippen LogP contribution in [-0.4, -0.2) is 26.4 Å². The number of nitrogens with zero attached hydrogens (tertiary/aromatic N) is 3. The van der Waals surface area contributed by atoms with Crippen molar-refractivity contribution in [1.82, 2.24) is 14.5 Å². The summed E-state index contributed by atoms with van der Waals surface area (Å²) in [5, 5.41) is 2.07. The molecule has 0 bridgehead atoms. The quantitative estimate of drug-likeness (QED) is 0.714. The van der Waals surface area contributed by atoms with Crippen LogP contribution in [-0.2, 0) is 13.6 Å². The van der Waals surface area contributed by atoms with Gasteiger partial charge in [-0.25, -0.2) is 0 Å². The Balaban J connectivity index is 1.67. The number of hydrogen-bond donors (Lipinski definition) is 0. The monoisotopic (exact) mass is 339 g/mol. The van der Waals surface area contributed by atoms with Crippen LogP contribution < -0.4 is 0 Å². The Labute approximate surface area is 145 Å². The molecule has 0 unspecified atom stereocenters. The highest BCUT2D eigenvalue weighted by Gasteiger charge is 2.29. The SMILES string of the molecule is Cn1c(C(=O)N(Cc2ccccn2)C2CCCC2)cc2sccc21. The Hall–Kier alpha value is -2.14. The van der Waals surface area contributed by atoms with Crippen molar-refractivity contribution in [2.45, 2.75) is 38.3 Å². The average Bonchev–Trinajstić information content (AvgIpc) is 3.32. The topological polar surface area (TPSA) is 38.1 Å². The second-order valence-electron chi connectivity index (χ2n) is 6.45. The highest BCUT2D eigenvalue weighted by Crippen LogP contribution is 2.29. The van der Waals surface area contributed by atoms with E-state index >= 15 is 0 Å². The summed E-state index contributed by atoms with van der Waals surface area (Å²) in [5.41, 5.74) is 2.86. The van der Waals surface area contributed by atoms with E-state index in [4.69, 9.17) is 0 Å². The molecule has 0 atom stereocenters. The molecule has 24 heavy (non-hydrogen) atoms. The summed E-state index contributed by atoms with van der Waals surface area (Å²) >= 11 is 1.68. The van der Waals surface area contributed by atoms with E-state index in [2.05, 4.69) is 16.4 Å². The van der Waals surface area contributed by atoms with Gasteiger partial charge in [0.1, 0.15) is 5.69 Å². The third-order valence-corrected chi connectivity index (χ3v) is 5.82. The van der Waals surface area contributed by atoms with Gasteiger partial charge < -0.3 is 9.47 Å². The largest absolute Gasteiger partial charge is 0.339 e. The molecular formula is C19H21N3OS. The number of carbonyl (C=O) groups excluding carboxylic acids is 1. The minimum absolute atomic E-state index is 0.124. The molecule has 4 rings (SSSR count). The molecule has 0 spiro atoms. The van der Waals surface area contributed by atoms with E-state index in [-0.39, 0.29) is 5.91 Å². The zero-order valence-electron chi connectivity index (χ0n) is 13.8. The molecule has 3 heterocycles. The molecule has 4 nitrogen and oxygen atoms in total. The van der Waals surface area contributed by atoms with E-state index in [1.807, 2.05) is 40.8 Å².